The Morgan fingerprint density at radius 1 is 0.667 bits per heavy atom. The van der Waals surface area contributed by atoms with Gasteiger partial charge in [0.25, 0.3) is 0 Å². The Hall–Kier alpha value is -1.53. The standard InChI is InChI=1S/C21H25.C10H9.C2H4.2ClH.Zr/c1-20(2,3)16-7-9-18-14(12-16)11-15-13-17(21(4,5)6)8-10-19(15)18;1-8-6-9-4-2-3-5-10(9)7-8;1-2;;;/h7-13H,1-6H3;2-7H,1H3;1H,2H3;2*1H;/q2*-1;;;;+2/p-2. The molecule has 0 heterocycles. The quantitative estimate of drug-likeness (QED) is 0.156. The molecule has 0 bridgehead atoms. The Labute approximate surface area is 232 Å². The zero-order valence-corrected chi connectivity index (χ0v) is 26.8. The largest absolute Gasteiger partial charge is 0.165 e. The Kier molecular flexibility index (Phi) is 9.59. The number of halogens is 2. The van der Waals surface area contributed by atoms with E-state index in [4.69, 9.17) is 17.0 Å². The molecule has 0 amide bonds. The molecule has 0 atom stereocenters. The van der Waals surface area contributed by atoms with Gasteiger partial charge in [-0.15, -0.1) is 80.3 Å². The smallest absolute Gasteiger partial charge is 0.0579 e. The van der Waals surface area contributed by atoms with Crippen LogP contribution in [0.5, 0.6) is 0 Å². The summed E-state index contributed by atoms with van der Waals surface area (Å²) in [5.41, 5.74) is 4.56. The van der Waals surface area contributed by atoms with Gasteiger partial charge in [0.1, 0.15) is 0 Å². The molecular formula is C33H38Cl2Zr-2. The summed E-state index contributed by atoms with van der Waals surface area (Å²) in [6, 6.07) is 29.0. The maximum absolute atomic E-state index is 5.37. The number of aryl methyl sites for hydroxylation is 1. The van der Waals surface area contributed by atoms with Crippen LogP contribution in [0.2, 0.25) is 0 Å². The predicted octanol–water partition coefficient (Wildman–Crippen LogP) is 10.9. The summed E-state index contributed by atoms with van der Waals surface area (Å²) in [4.78, 5) is 0. The summed E-state index contributed by atoms with van der Waals surface area (Å²) in [5, 5.41) is 8.17. The first-order valence-corrected chi connectivity index (χ1v) is 20.3. The number of fused-ring (bicyclic) bond motifs is 4. The van der Waals surface area contributed by atoms with Gasteiger partial charge in [-0.3, -0.25) is 0 Å². The van der Waals surface area contributed by atoms with E-state index in [0.717, 1.165) is 0 Å². The fraction of sp³-hybridized carbons (Fsp3) is 0.303. The van der Waals surface area contributed by atoms with Crippen molar-refractivity contribution < 1.29 is 18.9 Å². The molecule has 0 saturated heterocycles. The normalized spacial score (nSPS) is 11.6. The summed E-state index contributed by atoms with van der Waals surface area (Å²) < 4.78 is 1.89. The second-order valence-electron chi connectivity index (χ2n) is 11.5. The first-order chi connectivity index (χ1) is 16.8. The van der Waals surface area contributed by atoms with E-state index in [2.05, 4.69) is 127 Å². The Morgan fingerprint density at radius 3 is 1.56 bits per heavy atom. The van der Waals surface area contributed by atoms with Crippen molar-refractivity contribution in [1.29, 1.82) is 0 Å². The van der Waals surface area contributed by atoms with Crippen LogP contribution in [0.15, 0.2) is 78.9 Å². The van der Waals surface area contributed by atoms with Crippen molar-refractivity contribution in [3.8, 4) is 0 Å². The van der Waals surface area contributed by atoms with E-state index in [0.29, 0.717) is 0 Å². The third kappa shape index (κ3) is 7.50. The van der Waals surface area contributed by atoms with Crippen LogP contribution < -0.4 is 0 Å². The van der Waals surface area contributed by atoms with E-state index >= 15 is 0 Å². The molecule has 0 aliphatic heterocycles. The van der Waals surface area contributed by atoms with Gasteiger partial charge in [0, 0.05) is 0 Å². The Morgan fingerprint density at radius 2 is 1.14 bits per heavy atom. The summed E-state index contributed by atoms with van der Waals surface area (Å²) in [5.74, 6) is 0. The SMILES string of the molecule is CC(C)(C)c1ccc2c(c1)[cH-]c1cc(C(C)(C)C)ccc12.C[CH]=[Zr]([Cl])[Cl].Cc1cc2ccccc2[cH-]1. The molecule has 5 rings (SSSR count). The molecule has 0 radical (unpaired) electrons. The van der Waals surface area contributed by atoms with Gasteiger partial charge in [-0.2, -0.15) is 6.07 Å². The van der Waals surface area contributed by atoms with Crippen molar-refractivity contribution in [3.63, 3.8) is 0 Å². The molecule has 0 aromatic heterocycles. The Bertz CT molecular complexity index is 1380. The summed E-state index contributed by atoms with van der Waals surface area (Å²) >= 11 is -1.76. The maximum atomic E-state index is 5.37. The minimum atomic E-state index is -1.76. The molecule has 0 fully saturated rings. The van der Waals surface area contributed by atoms with Gasteiger partial charge in [-0.25, -0.2) is 0 Å². The van der Waals surface area contributed by atoms with Gasteiger partial charge in [0.2, 0.25) is 0 Å². The monoisotopic (exact) mass is 594 g/mol. The minimum Gasteiger partial charge on any atom is -0.165 e. The van der Waals surface area contributed by atoms with Crippen LogP contribution in [0.1, 0.15) is 65.2 Å². The fourth-order valence-electron chi connectivity index (χ4n) is 4.26. The molecule has 0 aliphatic carbocycles. The molecule has 0 N–H and O–H groups in total. The van der Waals surface area contributed by atoms with Crippen LogP contribution in [-0.4, -0.2) is 3.71 Å². The zero-order chi connectivity index (χ0) is 26.7. The van der Waals surface area contributed by atoms with Crippen molar-refractivity contribution in [2.75, 3.05) is 0 Å². The van der Waals surface area contributed by atoms with Crippen LogP contribution in [-0.2, 0) is 29.7 Å². The van der Waals surface area contributed by atoms with Crippen LogP contribution >= 0.6 is 17.0 Å². The first-order valence-electron chi connectivity index (χ1n) is 12.5. The first kappa shape index (κ1) is 29.0. The number of benzene rings is 3. The van der Waals surface area contributed by atoms with E-state index in [9.17, 15) is 0 Å². The number of hydrogen-bond acceptors (Lipinski definition) is 0. The molecule has 5 aromatic rings. The van der Waals surface area contributed by atoms with Crippen LogP contribution in [0.4, 0.5) is 0 Å². The molecular weight excluding hydrogens is 558 g/mol. The average Bonchev–Trinajstić information content (AvgIpc) is 3.36. The molecule has 190 valence electrons. The van der Waals surface area contributed by atoms with Crippen molar-refractivity contribution in [3.05, 3.63) is 95.6 Å². The molecule has 3 heteroatoms. The summed E-state index contributed by atoms with van der Waals surface area (Å²) in [6.45, 7) is 17.7. The van der Waals surface area contributed by atoms with Gasteiger partial charge < -0.3 is 0 Å². The predicted molar refractivity (Wildman–Crippen MR) is 162 cm³/mol. The van der Waals surface area contributed by atoms with E-state index in [1.54, 1.807) is 0 Å². The third-order valence-corrected chi connectivity index (χ3v) is 10.1. The molecule has 0 unspecified atom stereocenters. The topological polar surface area (TPSA) is 0 Å². The molecule has 0 spiro atoms. The van der Waals surface area contributed by atoms with E-state index in [1.165, 1.54) is 49.0 Å². The van der Waals surface area contributed by atoms with Gasteiger partial charge in [-0.05, 0) is 10.8 Å². The number of hydrogen-bond donors (Lipinski definition) is 0. The van der Waals surface area contributed by atoms with E-state index < -0.39 is 18.9 Å². The van der Waals surface area contributed by atoms with Crippen LogP contribution in [0.3, 0.4) is 0 Å². The fourth-order valence-corrected chi connectivity index (χ4v) is 4.26. The minimum absolute atomic E-state index is 0.203. The van der Waals surface area contributed by atoms with Crippen molar-refractivity contribution in [2.45, 2.75) is 66.2 Å². The van der Waals surface area contributed by atoms with Crippen LogP contribution in [0, 0.1) is 6.92 Å². The van der Waals surface area contributed by atoms with Gasteiger partial charge in [-0.1, -0.05) is 89.9 Å². The maximum Gasteiger partial charge on any atom is -0.0579 e. The second kappa shape index (κ2) is 11.9. The molecule has 0 aliphatic rings. The van der Waals surface area contributed by atoms with Crippen molar-refractivity contribution in [2.24, 2.45) is 0 Å². The van der Waals surface area contributed by atoms with Crippen LogP contribution in [0.25, 0.3) is 32.3 Å². The average molecular weight is 597 g/mol. The second-order valence-corrected chi connectivity index (χ2v) is 20.3. The van der Waals surface area contributed by atoms with E-state index in [-0.39, 0.29) is 10.8 Å². The van der Waals surface area contributed by atoms with Gasteiger partial charge in [0.05, 0.1) is 0 Å². The molecule has 0 saturated carbocycles. The number of rotatable bonds is 0. The molecule has 0 nitrogen and oxygen atoms in total. The third-order valence-electron chi connectivity index (χ3n) is 6.42. The van der Waals surface area contributed by atoms with Crippen molar-refractivity contribution in [1.82, 2.24) is 0 Å². The molecule has 5 aromatic carbocycles. The molecule has 36 heavy (non-hydrogen) atoms. The van der Waals surface area contributed by atoms with E-state index in [1.807, 2.05) is 10.6 Å². The van der Waals surface area contributed by atoms with Crippen molar-refractivity contribution >= 4 is 53.1 Å². The zero-order valence-electron chi connectivity index (χ0n) is 22.8. The summed E-state index contributed by atoms with van der Waals surface area (Å²) in [7, 11) is 10.7. The van der Waals surface area contributed by atoms with Gasteiger partial charge >= 0.3 is 46.5 Å². The van der Waals surface area contributed by atoms with Gasteiger partial charge in [0.15, 0.2) is 0 Å². The Balaban J connectivity index is 0.000000198. The summed E-state index contributed by atoms with van der Waals surface area (Å²) in [6.07, 6.45) is 0.